The van der Waals surface area contributed by atoms with Crippen LogP contribution in [0.4, 0.5) is 4.79 Å². The predicted octanol–water partition coefficient (Wildman–Crippen LogP) is 1.89. The van der Waals surface area contributed by atoms with Gasteiger partial charge >= 0.3 is 6.16 Å². The maximum Gasteiger partial charge on any atom is 0.513 e. The second kappa shape index (κ2) is 5.51. The van der Waals surface area contributed by atoms with Crippen LogP contribution in [0.3, 0.4) is 0 Å². The van der Waals surface area contributed by atoms with Crippen molar-refractivity contribution in [2.75, 3.05) is 6.61 Å². The summed E-state index contributed by atoms with van der Waals surface area (Å²) in [6.07, 6.45) is 0.750. The summed E-state index contributed by atoms with van der Waals surface area (Å²) in [6, 6.07) is 4.47. The molecule has 6 nitrogen and oxygen atoms in total. The van der Waals surface area contributed by atoms with Crippen LogP contribution in [0.2, 0.25) is 0 Å². The number of carbonyl (C=O) groups is 3. The molecule has 0 atom stereocenters. The van der Waals surface area contributed by atoms with Crippen LogP contribution in [0.25, 0.3) is 0 Å². The van der Waals surface area contributed by atoms with Gasteiger partial charge in [0.15, 0.2) is 0 Å². The molecular formula is C13H13NO5. The van der Waals surface area contributed by atoms with Gasteiger partial charge in [0.2, 0.25) is 0 Å². The van der Waals surface area contributed by atoms with Gasteiger partial charge in [-0.05, 0) is 18.6 Å². The Balaban J connectivity index is 2.12. The minimum absolute atomic E-state index is 0.0300. The van der Waals surface area contributed by atoms with Gasteiger partial charge in [0, 0.05) is 0 Å². The van der Waals surface area contributed by atoms with Crippen LogP contribution in [-0.4, -0.2) is 24.6 Å². The van der Waals surface area contributed by atoms with Crippen molar-refractivity contribution in [1.29, 1.82) is 0 Å². The van der Waals surface area contributed by atoms with Crippen molar-refractivity contribution in [1.82, 2.24) is 5.32 Å². The Hall–Kier alpha value is -2.37. The van der Waals surface area contributed by atoms with E-state index in [2.05, 4.69) is 5.32 Å². The Morgan fingerprint density at radius 3 is 2.79 bits per heavy atom. The summed E-state index contributed by atoms with van der Waals surface area (Å²) in [5.74, 6) is -1.04. The van der Waals surface area contributed by atoms with Crippen molar-refractivity contribution in [3.63, 3.8) is 0 Å². The fraction of sp³-hybridized carbons (Fsp3) is 0.308. The van der Waals surface area contributed by atoms with Gasteiger partial charge in [-0.15, -0.1) is 0 Å². The molecule has 0 aliphatic carbocycles. The van der Waals surface area contributed by atoms with E-state index in [0.717, 1.165) is 12.8 Å². The molecule has 2 amide bonds. The molecule has 0 radical (unpaired) electrons. The lowest BCUT2D eigenvalue weighted by atomic mass is 10.1. The largest absolute Gasteiger partial charge is 0.513 e. The first kappa shape index (κ1) is 13.1. The number of imide groups is 1. The number of hydrogen-bond acceptors (Lipinski definition) is 5. The molecule has 0 fully saturated rings. The zero-order valence-electron chi connectivity index (χ0n) is 10.4. The zero-order valence-corrected chi connectivity index (χ0v) is 10.4. The summed E-state index contributed by atoms with van der Waals surface area (Å²) >= 11 is 0. The lowest BCUT2D eigenvalue weighted by Gasteiger charge is -2.07. The van der Waals surface area contributed by atoms with Crippen LogP contribution < -0.4 is 10.1 Å². The van der Waals surface area contributed by atoms with Gasteiger partial charge in [0.1, 0.15) is 5.75 Å². The Bertz CT molecular complexity index is 538. The Morgan fingerprint density at radius 2 is 2.05 bits per heavy atom. The number of benzene rings is 1. The summed E-state index contributed by atoms with van der Waals surface area (Å²) in [6.45, 7) is 2.23. The summed E-state index contributed by atoms with van der Waals surface area (Å²) in [5.41, 5.74) is 0.267. The normalized spacial score (nSPS) is 12.9. The molecule has 19 heavy (non-hydrogen) atoms. The van der Waals surface area contributed by atoms with Crippen LogP contribution in [0.15, 0.2) is 18.2 Å². The molecular weight excluding hydrogens is 250 g/mol. The smallest absolute Gasteiger partial charge is 0.434 e. The van der Waals surface area contributed by atoms with E-state index in [1.165, 1.54) is 18.2 Å². The third kappa shape index (κ3) is 2.73. The van der Waals surface area contributed by atoms with E-state index in [1.54, 1.807) is 0 Å². The maximum absolute atomic E-state index is 11.6. The van der Waals surface area contributed by atoms with Crippen molar-refractivity contribution in [2.45, 2.75) is 19.8 Å². The third-order valence-corrected chi connectivity index (χ3v) is 2.64. The Labute approximate surface area is 109 Å². The Morgan fingerprint density at radius 1 is 1.26 bits per heavy atom. The quantitative estimate of drug-likeness (QED) is 0.388. The number of amides is 2. The first-order valence-electron chi connectivity index (χ1n) is 5.96. The summed E-state index contributed by atoms with van der Waals surface area (Å²) < 4.78 is 9.78. The van der Waals surface area contributed by atoms with Gasteiger partial charge in [-0.1, -0.05) is 19.4 Å². The highest BCUT2D eigenvalue weighted by atomic mass is 16.7. The zero-order chi connectivity index (χ0) is 13.8. The molecule has 1 heterocycles. The van der Waals surface area contributed by atoms with Crippen LogP contribution >= 0.6 is 0 Å². The second-order valence-electron chi connectivity index (χ2n) is 4.02. The highest BCUT2D eigenvalue weighted by Crippen LogP contribution is 2.26. The minimum atomic E-state index is -0.881. The number of carbonyl (C=O) groups excluding carboxylic acids is 3. The van der Waals surface area contributed by atoms with Crippen LogP contribution in [0.5, 0.6) is 5.75 Å². The topological polar surface area (TPSA) is 81.7 Å². The monoisotopic (exact) mass is 263 g/mol. The molecule has 0 bridgehead atoms. The van der Waals surface area contributed by atoms with Crippen molar-refractivity contribution in [3.05, 3.63) is 29.3 Å². The summed E-state index contributed by atoms with van der Waals surface area (Å²) in [7, 11) is 0. The van der Waals surface area contributed by atoms with E-state index in [0.29, 0.717) is 0 Å². The molecule has 1 N–H and O–H groups in total. The molecule has 1 aromatic carbocycles. The van der Waals surface area contributed by atoms with E-state index < -0.39 is 18.0 Å². The number of fused-ring (bicyclic) bond motifs is 1. The average Bonchev–Trinajstić information content (AvgIpc) is 2.66. The molecule has 0 unspecified atom stereocenters. The predicted molar refractivity (Wildman–Crippen MR) is 65.1 cm³/mol. The van der Waals surface area contributed by atoms with Gasteiger partial charge < -0.3 is 9.47 Å². The standard InChI is InChI=1S/C13H13NO5/c1-2-3-7-18-13(17)19-9-6-4-5-8-10(9)12(16)14-11(8)15/h4-6H,2-3,7H2,1H3,(H,14,15,16). The molecule has 0 spiro atoms. The third-order valence-electron chi connectivity index (χ3n) is 2.64. The molecule has 0 saturated heterocycles. The molecule has 1 aliphatic rings. The van der Waals surface area contributed by atoms with Crippen molar-refractivity contribution >= 4 is 18.0 Å². The van der Waals surface area contributed by atoms with Crippen LogP contribution in [0.1, 0.15) is 40.5 Å². The Kier molecular flexibility index (Phi) is 3.79. The van der Waals surface area contributed by atoms with Crippen molar-refractivity contribution in [3.8, 4) is 5.75 Å². The summed E-state index contributed by atoms with van der Waals surface area (Å²) in [4.78, 5) is 34.4. The van der Waals surface area contributed by atoms with E-state index in [9.17, 15) is 14.4 Å². The molecule has 1 aromatic rings. The number of unbranched alkanes of at least 4 members (excludes halogenated alkanes) is 1. The first-order valence-corrected chi connectivity index (χ1v) is 5.96. The van der Waals surface area contributed by atoms with E-state index >= 15 is 0 Å². The maximum atomic E-state index is 11.6. The number of rotatable bonds is 4. The van der Waals surface area contributed by atoms with E-state index in [-0.39, 0.29) is 23.5 Å². The highest BCUT2D eigenvalue weighted by Gasteiger charge is 2.31. The van der Waals surface area contributed by atoms with Crippen LogP contribution in [-0.2, 0) is 4.74 Å². The molecule has 100 valence electrons. The van der Waals surface area contributed by atoms with Gasteiger partial charge in [-0.3, -0.25) is 14.9 Å². The molecule has 2 rings (SSSR count). The van der Waals surface area contributed by atoms with Gasteiger partial charge in [0.25, 0.3) is 11.8 Å². The number of nitrogens with one attached hydrogen (secondary N) is 1. The fourth-order valence-corrected chi connectivity index (χ4v) is 1.69. The fourth-order valence-electron chi connectivity index (χ4n) is 1.69. The minimum Gasteiger partial charge on any atom is -0.434 e. The van der Waals surface area contributed by atoms with E-state index in [1.807, 2.05) is 6.92 Å². The highest BCUT2D eigenvalue weighted by molar-refractivity contribution is 6.22. The molecule has 6 heteroatoms. The molecule has 0 saturated carbocycles. The lowest BCUT2D eigenvalue weighted by Crippen LogP contribution is -2.20. The number of ether oxygens (including phenoxy) is 2. The van der Waals surface area contributed by atoms with Gasteiger partial charge in [-0.25, -0.2) is 4.79 Å². The van der Waals surface area contributed by atoms with Crippen molar-refractivity contribution in [2.24, 2.45) is 0 Å². The van der Waals surface area contributed by atoms with E-state index in [4.69, 9.17) is 9.47 Å². The van der Waals surface area contributed by atoms with Crippen molar-refractivity contribution < 1.29 is 23.9 Å². The SMILES string of the molecule is CCCCOC(=O)Oc1cccc2c1C(=O)NC2=O. The van der Waals surface area contributed by atoms with Gasteiger partial charge in [-0.2, -0.15) is 0 Å². The second-order valence-corrected chi connectivity index (χ2v) is 4.02. The van der Waals surface area contributed by atoms with Crippen LogP contribution in [0, 0.1) is 0 Å². The van der Waals surface area contributed by atoms with Gasteiger partial charge in [0.05, 0.1) is 17.7 Å². The first-order chi connectivity index (χ1) is 9.13. The average molecular weight is 263 g/mol. The lowest BCUT2D eigenvalue weighted by molar-refractivity contribution is 0.0878. The number of hydrogen-bond donors (Lipinski definition) is 1. The summed E-state index contributed by atoms with van der Waals surface area (Å²) in [5, 5.41) is 2.14. The molecule has 1 aliphatic heterocycles. The molecule has 0 aromatic heterocycles.